The number of aryl methyl sites for hydroxylation is 2. The van der Waals surface area contributed by atoms with Crippen LogP contribution in [0.25, 0.3) is 0 Å². The molecule has 0 saturated heterocycles. The number of pyridine rings is 1. The summed E-state index contributed by atoms with van der Waals surface area (Å²) in [5.41, 5.74) is 10.2. The molecule has 1 aromatic heterocycles. The molecule has 0 aliphatic heterocycles. The van der Waals surface area contributed by atoms with Gasteiger partial charge < -0.3 is 15.7 Å². The predicted octanol–water partition coefficient (Wildman–Crippen LogP) is 1.36. The standard InChI is InChI=1S/C14H23N3O/c1-9-4-14(13(7-15)10(2)16-9)17(3)8-11-5-12(18)6-11/h4,11-12,18H,5-8,15H2,1-3H3. The number of nitrogens with two attached hydrogens (primary N) is 1. The second-order valence-corrected chi connectivity index (χ2v) is 5.42. The molecule has 1 saturated carbocycles. The monoisotopic (exact) mass is 249 g/mol. The molecular formula is C14H23N3O. The fraction of sp³-hybridized carbons (Fsp3) is 0.643. The van der Waals surface area contributed by atoms with Crippen molar-refractivity contribution < 1.29 is 5.11 Å². The van der Waals surface area contributed by atoms with Crippen LogP contribution in [0, 0.1) is 19.8 Å². The first-order valence-electron chi connectivity index (χ1n) is 6.57. The number of aliphatic hydroxyl groups is 1. The van der Waals surface area contributed by atoms with Crippen molar-refractivity contribution in [2.45, 2.75) is 39.3 Å². The van der Waals surface area contributed by atoms with Crippen LogP contribution in [0.5, 0.6) is 0 Å². The van der Waals surface area contributed by atoms with Crippen molar-refractivity contribution in [3.63, 3.8) is 0 Å². The van der Waals surface area contributed by atoms with E-state index >= 15 is 0 Å². The van der Waals surface area contributed by atoms with E-state index in [9.17, 15) is 5.11 Å². The normalized spacial score (nSPS) is 22.7. The third-order valence-corrected chi connectivity index (χ3v) is 3.79. The van der Waals surface area contributed by atoms with Crippen LogP contribution in [0.3, 0.4) is 0 Å². The van der Waals surface area contributed by atoms with E-state index in [2.05, 4.69) is 23.0 Å². The fourth-order valence-corrected chi connectivity index (χ4v) is 2.76. The van der Waals surface area contributed by atoms with Crippen molar-refractivity contribution in [2.24, 2.45) is 11.7 Å². The Hall–Kier alpha value is -1.13. The highest BCUT2D eigenvalue weighted by Crippen LogP contribution is 2.30. The third kappa shape index (κ3) is 2.65. The van der Waals surface area contributed by atoms with Crippen LogP contribution in [0.15, 0.2) is 6.07 Å². The maximum Gasteiger partial charge on any atom is 0.0546 e. The molecule has 0 atom stereocenters. The van der Waals surface area contributed by atoms with Crippen molar-refractivity contribution in [1.29, 1.82) is 0 Å². The van der Waals surface area contributed by atoms with Crippen LogP contribution in [-0.2, 0) is 6.54 Å². The van der Waals surface area contributed by atoms with Crippen LogP contribution in [-0.4, -0.2) is 29.8 Å². The zero-order chi connectivity index (χ0) is 13.3. The topological polar surface area (TPSA) is 62.4 Å². The minimum Gasteiger partial charge on any atom is -0.393 e. The Morgan fingerprint density at radius 3 is 2.67 bits per heavy atom. The Morgan fingerprint density at radius 2 is 2.11 bits per heavy atom. The zero-order valence-electron chi connectivity index (χ0n) is 11.5. The van der Waals surface area contributed by atoms with Crippen LogP contribution < -0.4 is 10.6 Å². The first-order chi connectivity index (χ1) is 8.51. The predicted molar refractivity (Wildman–Crippen MR) is 73.6 cm³/mol. The SMILES string of the molecule is Cc1cc(N(C)CC2CC(O)C2)c(CN)c(C)n1. The van der Waals surface area contributed by atoms with Gasteiger partial charge in [0.1, 0.15) is 0 Å². The molecule has 1 aliphatic rings. The summed E-state index contributed by atoms with van der Waals surface area (Å²) in [5, 5.41) is 9.34. The van der Waals surface area contributed by atoms with Crippen LogP contribution in [0.4, 0.5) is 5.69 Å². The van der Waals surface area contributed by atoms with Crippen molar-refractivity contribution in [2.75, 3.05) is 18.5 Å². The second-order valence-electron chi connectivity index (χ2n) is 5.42. The highest BCUT2D eigenvalue weighted by molar-refractivity contribution is 5.55. The Kier molecular flexibility index (Phi) is 3.88. The van der Waals surface area contributed by atoms with Crippen LogP contribution in [0.2, 0.25) is 0 Å². The molecule has 100 valence electrons. The number of hydrogen-bond acceptors (Lipinski definition) is 4. The third-order valence-electron chi connectivity index (χ3n) is 3.79. The van der Waals surface area contributed by atoms with Gasteiger partial charge in [-0.1, -0.05) is 0 Å². The summed E-state index contributed by atoms with van der Waals surface area (Å²) >= 11 is 0. The first-order valence-corrected chi connectivity index (χ1v) is 6.57. The van der Waals surface area contributed by atoms with Gasteiger partial charge in [-0.25, -0.2) is 0 Å². The zero-order valence-corrected chi connectivity index (χ0v) is 11.5. The van der Waals surface area contributed by atoms with Gasteiger partial charge in [-0.15, -0.1) is 0 Å². The summed E-state index contributed by atoms with van der Waals surface area (Å²) in [6, 6.07) is 2.10. The number of hydrogen-bond donors (Lipinski definition) is 2. The maximum atomic E-state index is 9.34. The van der Waals surface area contributed by atoms with E-state index in [-0.39, 0.29) is 6.10 Å². The molecule has 0 bridgehead atoms. The van der Waals surface area contributed by atoms with Gasteiger partial charge in [0.2, 0.25) is 0 Å². The molecule has 1 aromatic rings. The van der Waals surface area contributed by atoms with Crippen LogP contribution >= 0.6 is 0 Å². The molecule has 1 aliphatic carbocycles. The lowest BCUT2D eigenvalue weighted by atomic mass is 9.82. The Bertz CT molecular complexity index is 427. The van der Waals surface area contributed by atoms with Crippen molar-refractivity contribution in [3.8, 4) is 0 Å². The van der Waals surface area contributed by atoms with E-state index in [1.807, 2.05) is 13.8 Å². The number of rotatable bonds is 4. The van der Waals surface area contributed by atoms with Gasteiger partial charge in [0.05, 0.1) is 6.10 Å². The molecule has 2 rings (SSSR count). The summed E-state index contributed by atoms with van der Waals surface area (Å²) < 4.78 is 0. The number of aromatic nitrogens is 1. The fourth-order valence-electron chi connectivity index (χ4n) is 2.76. The van der Waals surface area contributed by atoms with Gasteiger partial charge in [0.25, 0.3) is 0 Å². The van der Waals surface area contributed by atoms with E-state index in [0.29, 0.717) is 12.5 Å². The summed E-state index contributed by atoms with van der Waals surface area (Å²) in [5.74, 6) is 0.601. The summed E-state index contributed by atoms with van der Waals surface area (Å²) in [6.07, 6.45) is 1.76. The van der Waals surface area contributed by atoms with E-state index in [0.717, 1.165) is 36.3 Å². The van der Waals surface area contributed by atoms with Crippen LogP contribution in [0.1, 0.15) is 29.8 Å². The van der Waals surface area contributed by atoms with E-state index < -0.39 is 0 Å². The Morgan fingerprint density at radius 1 is 1.44 bits per heavy atom. The van der Waals surface area contributed by atoms with Crippen molar-refractivity contribution in [3.05, 3.63) is 23.0 Å². The quantitative estimate of drug-likeness (QED) is 0.846. The average molecular weight is 249 g/mol. The lowest BCUT2D eigenvalue weighted by molar-refractivity contribution is 0.0464. The van der Waals surface area contributed by atoms with E-state index in [1.54, 1.807) is 0 Å². The van der Waals surface area contributed by atoms with Gasteiger partial charge in [-0.05, 0) is 38.7 Å². The highest BCUT2D eigenvalue weighted by Gasteiger charge is 2.28. The molecule has 3 N–H and O–H groups in total. The lowest BCUT2D eigenvalue weighted by Gasteiger charge is -2.36. The molecule has 0 aromatic carbocycles. The Balaban J connectivity index is 2.15. The van der Waals surface area contributed by atoms with Crippen molar-refractivity contribution in [1.82, 2.24) is 4.98 Å². The largest absolute Gasteiger partial charge is 0.393 e. The number of nitrogens with zero attached hydrogens (tertiary/aromatic N) is 2. The average Bonchev–Trinajstić information content (AvgIpc) is 2.26. The molecule has 0 amide bonds. The van der Waals surface area contributed by atoms with E-state index in [4.69, 9.17) is 5.73 Å². The Labute approximate surface area is 109 Å². The molecule has 1 heterocycles. The minimum absolute atomic E-state index is 0.0849. The highest BCUT2D eigenvalue weighted by atomic mass is 16.3. The van der Waals surface area contributed by atoms with Crippen molar-refractivity contribution >= 4 is 5.69 Å². The molecule has 4 nitrogen and oxygen atoms in total. The molecule has 0 unspecified atom stereocenters. The molecule has 0 spiro atoms. The number of aliphatic hydroxyl groups excluding tert-OH is 1. The summed E-state index contributed by atoms with van der Waals surface area (Å²) in [4.78, 5) is 6.72. The molecular weight excluding hydrogens is 226 g/mol. The van der Waals surface area contributed by atoms with Gasteiger partial charge in [-0.2, -0.15) is 0 Å². The second kappa shape index (κ2) is 5.24. The molecule has 18 heavy (non-hydrogen) atoms. The minimum atomic E-state index is -0.0849. The number of anilines is 1. The van der Waals surface area contributed by atoms with Gasteiger partial charge in [0, 0.05) is 42.8 Å². The summed E-state index contributed by atoms with van der Waals surface area (Å²) in [6.45, 7) is 5.52. The van der Waals surface area contributed by atoms with Gasteiger partial charge >= 0.3 is 0 Å². The molecule has 0 radical (unpaired) electrons. The first kappa shape index (κ1) is 13.3. The lowest BCUT2D eigenvalue weighted by Crippen LogP contribution is -2.37. The molecule has 4 heteroatoms. The maximum absolute atomic E-state index is 9.34. The smallest absolute Gasteiger partial charge is 0.0546 e. The van der Waals surface area contributed by atoms with E-state index in [1.165, 1.54) is 5.69 Å². The molecule has 1 fully saturated rings. The van der Waals surface area contributed by atoms with Gasteiger partial charge in [0.15, 0.2) is 0 Å². The summed E-state index contributed by atoms with van der Waals surface area (Å²) in [7, 11) is 2.10. The van der Waals surface area contributed by atoms with Gasteiger partial charge in [-0.3, -0.25) is 4.98 Å².